The molecule has 2 heterocycles. The largest absolute Gasteiger partial charge is 0.514 e. The molecule has 1 fully saturated rings. The van der Waals surface area contributed by atoms with E-state index in [4.69, 9.17) is 26.7 Å². The van der Waals surface area contributed by atoms with Gasteiger partial charge in [0.15, 0.2) is 17.0 Å². The molecule has 2 aliphatic heterocycles. The standard InChI is InChI=1S/C16H13ClFN3O4/c17-10-2-3-11-12(13(10)18)16(25-15(24)20-11)4-1-5-21(8-16)14(23)9(6-19)7-22/h2-3,7,22H,1,4-5,8H2,(H,20,24)/t16-/m0/s1. The molecule has 2 N–H and O–H groups in total. The molecular formula is C16H13ClFN3O4. The summed E-state index contributed by atoms with van der Waals surface area (Å²) in [5.74, 6) is -1.45. The highest BCUT2D eigenvalue weighted by Gasteiger charge is 2.48. The maximum absolute atomic E-state index is 14.7. The third kappa shape index (κ3) is 2.76. The highest BCUT2D eigenvalue weighted by molar-refractivity contribution is 6.31. The van der Waals surface area contributed by atoms with Gasteiger partial charge in [-0.3, -0.25) is 10.1 Å². The van der Waals surface area contributed by atoms with Crippen molar-refractivity contribution in [3.05, 3.63) is 40.4 Å². The molecule has 0 unspecified atom stereocenters. The molecule has 1 saturated heterocycles. The van der Waals surface area contributed by atoms with Crippen molar-refractivity contribution in [2.45, 2.75) is 18.4 Å². The van der Waals surface area contributed by atoms with E-state index in [9.17, 15) is 14.0 Å². The number of likely N-dealkylation sites (tertiary alicyclic amines) is 1. The van der Waals surface area contributed by atoms with Crippen LogP contribution in [0.4, 0.5) is 14.9 Å². The fourth-order valence-corrected chi connectivity index (χ4v) is 3.41. The molecule has 1 atom stereocenters. The molecule has 0 aromatic heterocycles. The highest BCUT2D eigenvalue weighted by atomic mass is 35.5. The Hall–Kier alpha value is -2.79. The summed E-state index contributed by atoms with van der Waals surface area (Å²) in [6.45, 7) is 0.130. The molecule has 2 aliphatic rings. The van der Waals surface area contributed by atoms with Crippen LogP contribution in [0.1, 0.15) is 18.4 Å². The summed E-state index contributed by atoms with van der Waals surface area (Å²) in [5.41, 5.74) is -1.56. The van der Waals surface area contributed by atoms with E-state index in [0.717, 1.165) is 0 Å². The first-order valence-electron chi connectivity index (χ1n) is 7.44. The Morgan fingerprint density at radius 3 is 3.00 bits per heavy atom. The van der Waals surface area contributed by atoms with Crippen LogP contribution in [0.5, 0.6) is 0 Å². The predicted molar refractivity (Wildman–Crippen MR) is 85.3 cm³/mol. The average Bonchev–Trinajstić information content (AvgIpc) is 2.59. The molecule has 0 radical (unpaired) electrons. The number of aliphatic hydroxyl groups excluding tert-OH is 1. The number of nitrogens with one attached hydrogen (secondary N) is 1. The maximum Gasteiger partial charge on any atom is 0.412 e. The van der Waals surface area contributed by atoms with Gasteiger partial charge in [0.1, 0.15) is 12.3 Å². The van der Waals surface area contributed by atoms with Crippen LogP contribution < -0.4 is 5.32 Å². The first kappa shape index (κ1) is 17.0. The molecule has 1 aromatic carbocycles. The molecule has 7 nitrogen and oxygen atoms in total. The summed E-state index contributed by atoms with van der Waals surface area (Å²) >= 11 is 5.87. The molecule has 0 aliphatic carbocycles. The molecule has 25 heavy (non-hydrogen) atoms. The number of hydrogen-bond acceptors (Lipinski definition) is 5. The van der Waals surface area contributed by atoms with Crippen LogP contribution in [-0.4, -0.2) is 35.1 Å². The fourth-order valence-electron chi connectivity index (χ4n) is 3.25. The fraction of sp³-hybridized carbons (Fsp3) is 0.312. The summed E-state index contributed by atoms with van der Waals surface area (Å²) in [4.78, 5) is 25.5. The summed E-state index contributed by atoms with van der Waals surface area (Å²) in [5, 5.41) is 20.2. The van der Waals surface area contributed by atoms with E-state index in [1.54, 1.807) is 6.07 Å². The smallest absolute Gasteiger partial charge is 0.412 e. The Morgan fingerprint density at radius 1 is 1.56 bits per heavy atom. The van der Waals surface area contributed by atoms with Crippen LogP contribution in [0, 0.1) is 17.1 Å². The number of aliphatic hydroxyl groups is 1. The van der Waals surface area contributed by atoms with E-state index in [-0.39, 0.29) is 29.4 Å². The van der Waals surface area contributed by atoms with Crippen LogP contribution in [-0.2, 0) is 15.1 Å². The number of halogens is 2. The second-order valence-corrected chi connectivity index (χ2v) is 6.18. The second kappa shape index (κ2) is 6.26. The lowest BCUT2D eigenvalue weighted by Gasteiger charge is -2.45. The average molecular weight is 366 g/mol. The van der Waals surface area contributed by atoms with E-state index >= 15 is 0 Å². The summed E-state index contributed by atoms with van der Waals surface area (Å²) in [6, 6.07) is 4.39. The maximum atomic E-state index is 14.7. The quantitative estimate of drug-likeness (QED) is 0.452. The zero-order chi connectivity index (χ0) is 18.2. The second-order valence-electron chi connectivity index (χ2n) is 5.78. The van der Waals surface area contributed by atoms with E-state index in [0.29, 0.717) is 19.1 Å². The van der Waals surface area contributed by atoms with Gasteiger partial charge in [0.2, 0.25) is 0 Å². The number of carbonyl (C=O) groups is 2. The number of hydrogen-bond donors (Lipinski definition) is 2. The van der Waals surface area contributed by atoms with Crippen LogP contribution >= 0.6 is 11.6 Å². The van der Waals surface area contributed by atoms with Gasteiger partial charge in [-0.25, -0.2) is 9.18 Å². The molecule has 130 valence electrons. The van der Waals surface area contributed by atoms with Crippen molar-refractivity contribution < 1.29 is 23.8 Å². The van der Waals surface area contributed by atoms with Crippen molar-refractivity contribution in [1.29, 1.82) is 5.26 Å². The zero-order valence-corrected chi connectivity index (χ0v) is 13.6. The molecule has 9 heteroatoms. The SMILES string of the molecule is N#CC(=CO)C(=O)N1CCC[C@@]2(C1)OC(=O)Nc1ccc(Cl)c(F)c12. The minimum atomic E-state index is -1.41. The third-order valence-corrected chi connectivity index (χ3v) is 4.59. The van der Waals surface area contributed by atoms with Crippen molar-refractivity contribution in [2.24, 2.45) is 0 Å². The van der Waals surface area contributed by atoms with Crippen LogP contribution in [0.25, 0.3) is 0 Å². The topological polar surface area (TPSA) is 103 Å². The number of nitrogens with zero attached hydrogens (tertiary/aromatic N) is 2. The Labute approximate surface area is 147 Å². The number of fused-ring (bicyclic) bond motifs is 2. The molecule has 3 rings (SSSR count). The van der Waals surface area contributed by atoms with Gasteiger partial charge in [-0.1, -0.05) is 11.6 Å². The van der Waals surface area contributed by atoms with Gasteiger partial charge in [0.05, 0.1) is 22.8 Å². The number of ether oxygens (including phenoxy) is 1. The van der Waals surface area contributed by atoms with Gasteiger partial charge in [0, 0.05) is 6.54 Å². The van der Waals surface area contributed by atoms with Gasteiger partial charge in [-0.2, -0.15) is 5.26 Å². The monoisotopic (exact) mass is 365 g/mol. The van der Waals surface area contributed by atoms with E-state index in [1.165, 1.54) is 17.0 Å². The Morgan fingerprint density at radius 2 is 2.32 bits per heavy atom. The van der Waals surface area contributed by atoms with Crippen molar-refractivity contribution in [3.63, 3.8) is 0 Å². The van der Waals surface area contributed by atoms with Gasteiger partial charge in [-0.05, 0) is 25.0 Å². The molecule has 2 amide bonds. The molecule has 1 aromatic rings. The number of amides is 2. The lowest BCUT2D eigenvalue weighted by atomic mass is 9.83. The Kier molecular flexibility index (Phi) is 4.27. The predicted octanol–water partition coefficient (Wildman–Crippen LogP) is 2.82. The Balaban J connectivity index is 2.05. The van der Waals surface area contributed by atoms with Crippen molar-refractivity contribution in [3.8, 4) is 6.07 Å². The van der Waals surface area contributed by atoms with Crippen LogP contribution in [0.15, 0.2) is 24.0 Å². The van der Waals surface area contributed by atoms with Gasteiger partial charge in [0.25, 0.3) is 5.91 Å². The molecular weight excluding hydrogens is 353 g/mol. The highest BCUT2D eigenvalue weighted by Crippen LogP contribution is 2.45. The zero-order valence-electron chi connectivity index (χ0n) is 12.9. The first-order valence-corrected chi connectivity index (χ1v) is 7.82. The normalized spacial score (nSPS) is 22.7. The third-order valence-electron chi connectivity index (χ3n) is 4.30. The van der Waals surface area contributed by atoms with E-state index < -0.39 is 29.0 Å². The molecule has 0 bridgehead atoms. The number of benzene rings is 1. The minimum absolute atomic E-state index is 0.0728. The first-order chi connectivity index (χ1) is 11.9. The van der Waals surface area contributed by atoms with Crippen molar-refractivity contribution in [2.75, 3.05) is 18.4 Å². The number of piperidine rings is 1. The lowest BCUT2D eigenvalue weighted by molar-refractivity contribution is -0.134. The number of carbonyl (C=O) groups excluding carboxylic acids is 2. The van der Waals surface area contributed by atoms with Crippen molar-refractivity contribution >= 4 is 29.3 Å². The van der Waals surface area contributed by atoms with Gasteiger partial charge >= 0.3 is 6.09 Å². The van der Waals surface area contributed by atoms with Gasteiger partial charge < -0.3 is 14.7 Å². The van der Waals surface area contributed by atoms with E-state index in [2.05, 4.69) is 5.32 Å². The number of anilines is 1. The molecule has 1 spiro atoms. The summed E-state index contributed by atoms with van der Waals surface area (Å²) in [7, 11) is 0. The minimum Gasteiger partial charge on any atom is -0.514 e. The van der Waals surface area contributed by atoms with E-state index in [1.807, 2.05) is 0 Å². The summed E-state index contributed by atoms with van der Waals surface area (Å²) in [6.07, 6.45) is 0.360. The van der Waals surface area contributed by atoms with Crippen LogP contribution in [0.2, 0.25) is 5.02 Å². The summed E-state index contributed by atoms with van der Waals surface area (Å²) < 4.78 is 20.1. The number of rotatable bonds is 1. The Bertz CT molecular complexity index is 835. The van der Waals surface area contributed by atoms with Crippen molar-refractivity contribution in [1.82, 2.24) is 4.90 Å². The van der Waals surface area contributed by atoms with Gasteiger partial charge in [-0.15, -0.1) is 0 Å². The molecule has 0 saturated carbocycles. The number of nitriles is 1. The van der Waals surface area contributed by atoms with Crippen LogP contribution in [0.3, 0.4) is 0 Å². The lowest BCUT2D eigenvalue weighted by Crippen LogP contribution is -2.53.